The molecule has 1 rings (SSSR count). The van der Waals surface area contributed by atoms with Crippen molar-refractivity contribution in [1.82, 2.24) is 0 Å². The summed E-state index contributed by atoms with van der Waals surface area (Å²) in [5, 5.41) is 0. The van der Waals surface area contributed by atoms with Gasteiger partial charge in [0.15, 0.2) is 0 Å². The normalized spacial score (nSPS) is 9.92. The third-order valence-corrected chi connectivity index (χ3v) is 1.92. The minimum absolute atomic E-state index is 0.695. The first-order chi connectivity index (χ1) is 6.33. The van der Waals surface area contributed by atoms with Gasteiger partial charge < -0.3 is 10.5 Å². The Bertz CT molecular complexity index is 252. The van der Waals surface area contributed by atoms with Crippen molar-refractivity contribution in [1.29, 1.82) is 0 Å². The van der Waals surface area contributed by atoms with E-state index in [-0.39, 0.29) is 0 Å². The van der Waals surface area contributed by atoms with Crippen molar-refractivity contribution < 1.29 is 4.74 Å². The minimum Gasteiger partial charge on any atom is -0.494 e. The second kappa shape index (κ2) is 5.70. The van der Waals surface area contributed by atoms with E-state index >= 15 is 0 Å². The Hall–Kier alpha value is -0.890. The monoisotopic (exact) mass is 199 g/mol. The zero-order valence-electron chi connectivity index (χ0n) is 7.50. The number of halogens is 1. The molecular weight excluding hydrogens is 186 g/mol. The van der Waals surface area contributed by atoms with E-state index < -0.39 is 0 Å². The number of ether oxygens (including phenoxy) is 1. The molecular formula is C10H14ClNO. The number of hydrogen-bond donors (Lipinski definition) is 1. The summed E-state index contributed by atoms with van der Waals surface area (Å²) in [6, 6.07) is 7.44. The summed E-state index contributed by atoms with van der Waals surface area (Å²) in [6.07, 6.45) is 1.97. The van der Waals surface area contributed by atoms with Gasteiger partial charge in [-0.1, -0.05) is 6.07 Å². The van der Waals surface area contributed by atoms with Gasteiger partial charge in [-0.15, -0.1) is 11.6 Å². The van der Waals surface area contributed by atoms with Crippen LogP contribution >= 0.6 is 11.6 Å². The van der Waals surface area contributed by atoms with Gasteiger partial charge in [0.05, 0.1) is 6.61 Å². The molecule has 0 fully saturated rings. The zero-order chi connectivity index (χ0) is 9.52. The van der Waals surface area contributed by atoms with E-state index in [4.69, 9.17) is 22.1 Å². The molecule has 2 N–H and O–H groups in total. The topological polar surface area (TPSA) is 35.2 Å². The molecule has 0 aliphatic heterocycles. The Balaban J connectivity index is 2.28. The molecule has 0 radical (unpaired) electrons. The maximum atomic E-state index is 5.59. The maximum Gasteiger partial charge on any atom is 0.121 e. The predicted molar refractivity (Wildman–Crippen MR) is 56.3 cm³/mol. The molecule has 0 aromatic heterocycles. The molecule has 1 aromatic carbocycles. The van der Waals surface area contributed by atoms with Crippen LogP contribution in [0.1, 0.15) is 12.8 Å². The standard InChI is InChI=1S/C10H14ClNO/c11-6-1-2-7-13-10-5-3-4-9(12)8-10/h3-5,8H,1-2,6-7,12H2. The highest BCUT2D eigenvalue weighted by Crippen LogP contribution is 2.14. The Kier molecular flexibility index (Phi) is 4.47. The number of alkyl halides is 1. The molecule has 0 aliphatic carbocycles. The lowest BCUT2D eigenvalue weighted by Crippen LogP contribution is -1.97. The van der Waals surface area contributed by atoms with Gasteiger partial charge in [0.25, 0.3) is 0 Å². The fraction of sp³-hybridized carbons (Fsp3) is 0.400. The lowest BCUT2D eigenvalue weighted by atomic mass is 10.3. The molecule has 0 spiro atoms. The van der Waals surface area contributed by atoms with Crippen LogP contribution in [0.4, 0.5) is 5.69 Å². The molecule has 0 unspecified atom stereocenters. The van der Waals surface area contributed by atoms with Gasteiger partial charge in [0.1, 0.15) is 5.75 Å². The summed E-state index contributed by atoms with van der Waals surface area (Å²) < 4.78 is 5.45. The van der Waals surface area contributed by atoms with Gasteiger partial charge in [-0.2, -0.15) is 0 Å². The fourth-order valence-electron chi connectivity index (χ4n) is 0.991. The fourth-order valence-corrected chi connectivity index (χ4v) is 1.18. The van der Waals surface area contributed by atoms with Crippen LogP contribution in [-0.2, 0) is 0 Å². The maximum absolute atomic E-state index is 5.59. The first-order valence-electron chi connectivity index (χ1n) is 4.37. The number of nitrogen functional groups attached to an aromatic ring is 1. The quantitative estimate of drug-likeness (QED) is 0.450. The van der Waals surface area contributed by atoms with Crippen molar-refractivity contribution >= 4 is 17.3 Å². The molecule has 13 heavy (non-hydrogen) atoms. The molecule has 0 heterocycles. The zero-order valence-corrected chi connectivity index (χ0v) is 8.26. The van der Waals surface area contributed by atoms with Gasteiger partial charge in [0, 0.05) is 17.6 Å². The van der Waals surface area contributed by atoms with Crippen LogP contribution in [0.25, 0.3) is 0 Å². The number of nitrogens with two attached hydrogens (primary N) is 1. The van der Waals surface area contributed by atoms with Gasteiger partial charge in [-0.25, -0.2) is 0 Å². The van der Waals surface area contributed by atoms with Gasteiger partial charge in [-0.3, -0.25) is 0 Å². The van der Waals surface area contributed by atoms with Crippen molar-refractivity contribution in [3.63, 3.8) is 0 Å². The van der Waals surface area contributed by atoms with Gasteiger partial charge in [0.2, 0.25) is 0 Å². The Labute approximate surface area is 83.6 Å². The lowest BCUT2D eigenvalue weighted by molar-refractivity contribution is 0.310. The van der Waals surface area contributed by atoms with E-state index in [0.717, 1.165) is 24.3 Å². The molecule has 0 amide bonds. The van der Waals surface area contributed by atoms with Crippen molar-refractivity contribution in [2.75, 3.05) is 18.2 Å². The van der Waals surface area contributed by atoms with E-state index in [2.05, 4.69) is 0 Å². The van der Waals surface area contributed by atoms with Crippen LogP contribution in [0.2, 0.25) is 0 Å². The number of anilines is 1. The van der Waals surface area contributed by atoms with Crippen LogP contribution in [-0.4, -0.2) is 12.5 Å². The molecule has 0 bridgehead atoms. The molecule has 0 atom stereocenters. The summed E-state index contributed by atoms with van der Waals surface area (Å²) in [4.78, 5) is 0. The van der Waals surface area contributed by atoms with E-state index in [1.165, 1.54) is 0 Å². The molecule has 0 saturated carbocycles. The van der Waals surface area contributed by atoms with Crippen LogP contribution in [0.5, 0.6) is 5.75 Å². The van der Waals surface area contributed by atoms with Crippen LogP contribution in [0.15, 0.2) is 24.3 Å². The van der Waals surface area contributed by atoms with Crippen molar-refractivity contribution in [2.24, 2.45) is 0 Å². The first-order valence-corrected chi connectivity index (χ1v) is 4.90. The Morgan fingerprint density at radius 2 is 2.15 bits per heavy atom. The van der Waals surface area contributed by atoms with Gasteiger partial charge in [-0.05, 0) is 25.0 Å². The van der Waals surface area contributed by atoms with E-state index in [9.17, 15) is 0 Å². The average Bonchev–Trinajstić information content (AvgIpc) is 2.13. The first kappa shape index (κ1) is 10.2. The third kappa shape index (κ3) is 4.04. The Morgan fingerprint density at radius 1 is 1.31 bits per heavy atom. The highest BCUT2D eigenvalue weighted by molar-refractivity contribution is 6.17. The molecule has 0 aliphatic rings. The molecule has 3 heteroatoms. The number of rotatable bonds is 5. The molecule has 72 valence electrons. The smallest absolute Gasteiger partial charge is 0.121 e. The van der Waals surface area contributed by atoms with Gasteiger partial charge >= 0.3 is 0 Å². The number of hydrogen-bond acceptors (Lipinski definition) is 2. The van der Waals surface area contributed by atoms with Crippen molar-refractivity contribution in [2.45, 2.75) is 12.8 Å². The predicted octanol–water partition coefficient (Wildman–Crippen LogP) is 2.67. The van der Waals surface area contributed by atoms with Crippen LogP contribution in [0.3, 0.4) is 0 Å². The summed E-state index contributed by atoms with van der Waals surface area (Å²) in [6.45, 7) is 0.705. The van der Waals surface area contributed by atoms with Crippen LogP contribution in [0, 0.1) is 0 Å². The third-order valence-electron chi connectivity index (χ3n) is 1.65. The molecule has 0 saturated heterocycles. The summed E-state index contributed by atoms with van der Waals surface area (Å²) >= 11 is 5.53. The minimum atomic E-state index is 0.695. The van der Waals surface area contributed by atoms with E-state index in [1.807, 2.05) is 24.3 Å². The SMILES string of the molecule is Nc1cccc(OCCCCCl)c1. The van der Waals surface area contributed by atoms with Crippen molar-refractivity contribution in [3.8, 4) is 5.75 Å². The summed E-state index contributed by atoms with van der Waals surface area (Å²) in [7, 11) is 0. The Morgan fingerprint density at radius 3 is 2.85 bits per heavy atom. The second-order valence-corrected chi connectivity index (χ2v) is 3.20. The lowest BCUT2D eigenvalue weighted by Gasteiger charge is -2.05. The summed E-state index contributed by atoms with van der Waals surface area (Å²) in [5.74, 6) is 1.52. The van der Waals surface area contributed by atoms with E-state index in [0.29, 0.717) is 12.5 Å². The van der Waals surface area contributed by atoms with E-state index in [1.54, 1.807) is 0 Å². The van der Waals surface area contributed by atoms with Crippen LogP contribution < -0.4 is 10.5 Å². The summed E-state index contributed by atoms with van der Waals surface area (Å²) in [5.41, 5.74) is 6.32. The number of unbranched alkanes of at least 4 members (excludes halogenated alkanes) is 1. The second-order valence-electron chi connectivity index (χ2n) is 2.82. The highest BCUT2D eigenvalue weighted by Gasteiger charge is 1.93. The number of benzene rings is 1. The molecule has 2 nitrogen and oxygen atoms in total. The largest absolute Gasteiger partial charge is 0.494 e. The highest BCUT2D eigenvalue weighted by atomic mass is 35.5. The molecule has 1 aromatic rings. The van der Waals surface area contributed by atoms with Crippen molar-refractivity contribution in [3.05, 3.63) is 24.3 Å². The average molecular weight is 200 g/mol.